The van der Waals surface area contributed by atoms with Crippen molar-refractivity contribution in [1.29, 1.82) is 0 Å². The fourth-order valence-electron chi connectivity index (χ4n) is 1.55. The van der Waals surface area contributed by atoms with Crippen LogP contribution in [0.15, 0.2) is 24.4 Å². The van der Waals surface area contributed by atoms with Gasteiger partial charge in [0.15, 0.2) is 11.6 Å². The Kier molecular flexibility index (Phi) is 4.01. The molecule has 0 saturated carbocycles. The normalized spacial score (nSPS) is 10.5. The molecule has 1 N–H and O–H groups in total. The van der Waals surface area contributed by atoms with Crippen molar-refractivity contribution in [1.82, 2.24) is 15.3 Å². The predicted octanol–water partition coefficient (Wildman–Crippen LogP) is 2.57. The third-order valence-electron chi connectivity index (χ3n) is 2.54. The van der Waals surface area contributed by atoms with Gasteiger partial charge in [-0.25, -0.2) is 9.37 Å². The monoisotopic (exact) mass is 265 g/mol. The molecule has 4 nitrogen and oxygen atoms in total. The third-order valence-corrected chi connectivity index (χ3v) is 2.54. The maximum absolute atomic E-state index is 13.4. The largest absolute Gasteiger partial charge is 0.421 e. The van der Waals surface area contributed by atoms with E-state index in [9.17, 15) is 8.78 Å². The van der Waals surface area contributed by atoms with Crippen LogP contribution in [0.1, 0.15) is 11.3 Å². The Bertz CT molecular complexity index is 590. The molecular weight excluding hydrogens is 252 g/mol. The van der Waals surface area contributed by atoms with Crippen molar-refractivity contribution in [2.45, 2.75) is 13.5 Å². The van der Waals surface area contributed by atoms with E-state index < -0.39 is 11.6 Å². The first kappa shape index (κ1) is 13.4. The van der Waals surface area contributed by atoms with E-state index in [0.29, 0.717) is 6.54 Å². The van der Waals surface area contributed by atoms with Crippen LogP contribution in [-0.2, 0) is 6.54 Å². The molecule has 6 heteroatoms. The summed E-state index contributed by atoms with van der Waals surface area (Å²) in [5.41, 5.74) is 1.63. The van der Waals surface area contributed by atoms with Gasteiger partial charge in [0, 0.05) is 24.0 Å². The van der Waals surface area contributed by atoms with Gasteiger partial charge in [0.1, 0.15) is 0 Å². The fourth-order valence-corrected chi connectivity index (χ4v) is 1.55. The summed E-state index contributed by atoms with van der Waals surface area (Å²) < 4.78 is 31.6. The first-order valence-corrected chi connectivity index (χ1v) is 5.71. The molecule has 0 atom stereocenters. The zero-order valence-corrected chi connectivity index (χ0v) is 10.6. The van der Waals surface area contributed by atoms with Gasteiger partial charge in [-0.2, -0.15) is 9.37 Å². The molecule has 2 rings (SSSR count). The lowest BCUT2D eigenvalue weighted by molar-refractivity contribution is 0.391. The zero-order chi connectivity index (χ0) is 13.8. The lowest BCUT2D eigenvalue weighted by Gasteiger charge is -2.08. The second kappa shape index (κ2) is 5.71. The average molecular weight is 265 g/mol. The number of hydrogen-bond donors (Lipinski definition) is 1. The minimum atomic E-state index is -1.05. The van der Waals surface area contributed by atoms with Crippen LogP contribution in [0.4, 0.5) is 8.78 Å². The van der Waals surface area contributed by atoms with Gasteiger partial charge in [0.05, 0.1) is 0 Å². The molecule has 0 amide bonds. The topological polar surface area (TPSA) is 47.0 Å². The van der Waals surface area contributed by atoms with Crippen molar-refractivity contribution in [2.75, 3.05) is 7.05 Å². The SMILES string of the molecule is CNCc1cnc(Oc2cccc(F)c2F)nc1C. The van der Waals surface area contributed by atoms with Gasteiger partial charge in [-0.15, -0.1) is 0 Å². The molecule has 1 aromatic carbocycles. The quantitative estimate of drug-likeness (QED) is 0.923. The van der Waals surface area contributed by atoms with Crippen molar-refractivity contribution in [3.63, 3.8) is 0 Å². The Hall–Kier alpha value is -2.08. The van der Waals surface area contributed by atoms with Crippen LogP contribution in [0.25, 0.3) is 0 Å². The van der Waals surface area contributed by atoms with Crippen LogP contribution in [0, 0.1) is 18.6 Å². The Balaban J connectivity index is 2.24. The number of halogens is 2. The molecule has 0 saturated heterocycles. The van der Waals surface area contributed by atoms with Crippen LogP contribution >= 0.6 is 0 Å². The highest BCUT2D eigenvalue weighted by Crippen LogP contribution is 2.23. The molecule has 0 aliphatic heterocycles. The summed E-state index contributed by atoms with van der Waals surface area (Å²) >= 11 is 0. The molecule has 0 unspecified atom stereocenters. The Morgan fingerprint density at radius 3 is 2.79 bits per heavy atom. The number of aromatic nitrogens is 2. The van der Waals surface area contributed by atoms with Crippen molar-refractivity contribution in [3.8, 4) is 11.8 Å². The molecule has 19 heavy (non-hydrogen) atoms. The van der Waals surface area contributed by atoms with Gasteiger partial charge in [0.2, 0.25) is 5.82 Å². The van der Waals surface area contributed by atoms with Crippen molar-refractivity contribution < 1.29 is 13.5 Å². The smallest absolute Gasteiger partial charge is 0.322 e. The van der Waals surface area contributed by atoms with E-state index in [4.69, 9.17) is 4.74 Å². The van der Waals surface area contributed by atoms with E-state index in [1.165, 1.54) is 12.1 Å². The van der Waals surface area contributed by atoms with Crippen molar-refractivity contribution in [3.05, 3.63) is 47.3 Å². The van der Waals surface area contributed by atoms with Gasteiger partial charge in [-0.05, 0) is 26.1 Å². The molecule has 0 aliphatic rings. The first-order chi connectivity index (χ1) is 9.11. The molecular formula is C13H13F2N3O. The van der Waals surface area contributed by atoms with Crippen molar-refractivity contribution in [2.24, 2.45) is 0 Å². The maximum atomic E-state index is 13.4. The van der Waals surface area contributed by atoms with Gasteiger partial charge in [-0.3, -0.25) is 0 Å². The third kappa shape index (κ3) is 3.03. The summed E-state index contributed by atoms with van der Waals surface area (Å²) in [6.07, 6.45) is 1.59. The minimum Gasteiger partial charge on any atom is -0.421 e. The molecule has 1 heterocycles. The summed E-state index contributed by atoms with van der Waals surface area (Å²) in [6, 6.07) is 3.68. The fraction of sp³-hybridized carbons (Fsp3) is 0.231. The molecule has 100 valence electrons. The van der Waals surface area contributed by atoms with E-state index >= 15 is 0 Å². The van der Waals surface area contributed by atoms with Crippen molar-refractivity contribution >= 4 is 0 Å². The summed E-state index contributed by atoms with van der Waals surface area (Å²) in [7, 11) is 1.81. The molecule has 2 aromatic rings. The Labute approximate surface area is 109 Å². The van der Waals surface area contributed by atoms with E-state index in [-0.39, 0.29) is 11.8 Å². The highest BCUT2D eigenvalue weighted by Gasteiger charge is 2.11. The van der Waals surface area contributed by atoms with E-state index in [1.807, 2.05) is 7.05 Å². The van der Waals surface area contributed by atoms with Gasteiger partial charge in [-0.1, -0.05) is 6.07 Å². The second-order valence-corrected chi connectivity index (χ2v) is 3.95. The average Bonchev–Trinajstić information content (AvgIpc) is 2.38. The number of aryl methyl sites for hydroxylation is 1. The highest BCUT2D eigenvalue weighted by molar-refractivity contribution is 5.28. The van der Waals surface area contributed by atoms with E-state index in [1.54, 1.807) is 13.1 Å². The molecule has 0 fully saturated rings. The van der Waals surface area contributed by atoms with Crippen LogP contribution in [-0.4, -0.2) is 17.0 Å². The summed E-state index contributed by atoms with van der Waals surface area (Å²) in [5, 5.41) is 2.98. The minimum absolute atomic E-state index is 0.0122. The summed E-state index contributed by atoms with van der Waals surface area (Å²) in [4.78, 5) is 8.06. The van der Waals surface area contributed by atoms with Gasteiger partial charge >= 0.3 is 6.01 Å². The number of rotatable bonds is 4. The zero-order valence-electron chi connectivity index (χ0n) is 10.6. The van der Waals surface area contributed by atoms with Crippen LogP contribution in [0.3, 0.4) is 0 Å². The Morgan fingerprint density at radius 1 is 1.32 bits per heavy atom. The maximum Gasteiger partial charge on any atom is 0.322 e. The second-order valence-electron chi connectivity index (χ2n) is 3.95. The van der Waals surface area contributed by atoms with E-state index in [0.717, 1.165) is 17.3 Å². The standard InChI is InChI=1S/C13H13F2N3O/c1-8-9(6-16-2)7-17-13(18-8)19-11-5-3-4-10(14)12(11)15/h3-5,7,16H,6H2,1-2H3. The summed E-state index contributed by atoms with van der Waals surface area (Å²) in [6.45, 7) is 2.42. The van der Waals surface area contributed by atoms with E-state index in [2.05, 4.69) is 15.3 Å². The van der Waals surface area contributed by atoms with Gasteiger partial charge in [0.25, 0.3) is 0 Å². The summed E-state index contributed by atoms with van der Waals surface area (Å²) in [5.74, 6) is -2.26. The van der Waals surface area contributed by atoms with Gasteiger partial charge < -0.3 is 10.1 Å². The number of ether oxygens (including phenoxy) is 1. The number of benzene rings is 1. The first-order valence-electron chi connectivity index (χ1n) is 5.71. The van der Waals surface area contributed by atoms with Crippen LogP contribution in [0.5, 0.6) is 11.8 Å². The molecule has 0 aliphatic carbocycles. The molecule has 0 bridgehead atoms. The number of nitrogens with zero attached hydrogens (tertiary/aromatic N) is 2. The highest BCUT2D eigenvalue weighted by atomic mass is 19.2. The number of hydrogen-bond acceptors (Lipinski definition) is 4. The Morgan fingerprint density at radius 2 is 2.11 bits per heavy atom. The number of nitrogens with one attached hydrogen (secondary N) is 1. The lowest BCUT2D eigenvalue weighted by atomic mass is 10.2. The lowest BCUT2D eigenvalue weighted by Crippen LogP contribution is -2.08. The molecule has 0 radical (unpaired) electrons. The molecule has 1 aromatic heterocycles. The van der Waals surface area contributed by atoms with Crippen LogP contribution < -0.4 is 10.1 Å². The van der Waals surface area contributed by atoms with Crippen LogP contribution in [0.2, 0.25) is 0 Å². The molecule has 0 spiro atoms. The predicted molar refractivity (Wildman–Crippen MR) is 66.0 cm³/mol.